The number of nitrogens with two attached hydrogens (primary N) is 1. The van der Waals surface area contributed by atoms with Crippen LogP contribution in [0.25, 0.3) is 0 Å². The molecule has 1 aliphatic rings. The van der Waals surface area contributed by atoms with Gasteiger partial charge in [-0.25, -0.2) is 0 Å². The number of hydrogen-bond donors (Lipinski definition) is 9. The van der Waals surface area contributed by atoms with E-state index in [4.69, 9.17) is 11.1 Å². The Morgan fingerprint density at radius 3 is 2.05 bits per heavy atom. The van der Waals surface area contributed by atoms with E-state index in [1.165, 1.54) is 0 Å². The molecule has 1 fully saturated rings. The van der Waals surface area contributed by atoms with Crippen molar-refractivity contribution in [3.8, 4) is 0 Å². The Hall–Kier alpha value is -4.69. The summed E-state index contributed by atoms with van der Waals surface area (Å²) in [5.74, 6) is -5.52. The summed E-state index contributed by atoms with van der Waals surface area (Å²) < 4.78 is 0. The third kappa shape index (κ3) is 10.5. The number of carbonyl (C=O) groups is 6. The molecule has 38 heavy (non-hydrogen) atoms. The molecule has 2 unspecified atom stereocenters. The lowest BCUT2D eigenvalue weighted by atomic mass is 10.0. The van der Waals surface area contributed by atoms with E-state index in [2.05, 4.69) is 31.9 Å². The summed E-state index contributed by atoms with van der Waals surface area (Å²) in [6.45, 7) is -0.853. The smallest absolute Gasteiger partial charge is 0.305 e. The van der Waals surface area contributed by atoms with Crippen molar-refractivity contribution >= 4 is 41.5 Å². The molecule has 15 nitrogen and oxygen atoms in total. The second-order valence-corrected chi connectivity index (χ2v) is 8.51. The number of guanidine groups is 1. The average molecular weight is 533 g/mol. The van der Waals surface area contributed by atoms with E-state index in [9.17, 15) is 33.9 Å². The van der Waals surface area contributed by atoms with Crippen molar-refractivity contribution in [2.75, 3.05) is 19.6 Å². The molecule has 0 aliphatic carbocycles. The van der Waals surface area contributed by atoms with Gasteiger partial charge in [-0.3, -0.25) is 34.2 Å². The molecule has 1 aromatic rings. The largest absolute Gasteiger partial charge is 0.481 e. The highest BCUT2D eigenvalue weighted by molar-refractivity contribution is 5.97. The molecule has 0 aromatic heterocycles. The Morgan fingerprint density at radius 1 is 0.895 bits per heavy atom. The minimum Gasteiger partial charge on any atom is -0.481 e. The fourth-order valence-corrected chi connectivity index (χ4v) is 3.59. The third-order valence-electron chi connectivity index (χ3n) is 5.43. The third-order valence-corrected chi connectivity index (χ3v) is 5.43. The molecule has 1 aliphatic heterocycles. The SMILES string of the molecule is N=C(N)NCCCC1NC(=O)CNC(=O)[C@H](Cc2ccccc2)NC(=O)C(CC(=O)O)NC(=O)CNC1=O. The van der Waals surface area contributed by atoms with Crippen LogP contribution in [0.2, 0.25) is 0 Å². The second-order valence-electron chi connectivity index (χ2n) is 8.51. The van der Waals surface area contributed by atoms with Gasteiger partial charge in [0.2, 0.25) is 29.5 Å². The summed E-state index contributed by atoms with van der Waals surface area (Å²) in [4.78, 5) is 74.8. The van der Waals surface area contributed by atoms with Crippen LogP contribution in [-0.4, -0.2) is 84.3 Å². The molecule has 1 aromatic carbocycles. The lowest BCUT2D eigenvalue weighted by Crippen LogP contribution is -2.56. The quantitative estimate of drug-likeness (QED) is 0.0921. The van der Waals surface area contributed by atoms with Gasteiger partial charge in [-0.2, -0.15) is 0 Å². The monoisotopic (exact) mass is 532 g/mol. The molecule has 1 saturated heterocycles. The summed E-state index contributed by atoms with van der Waals surface area (Å²) in [6, 6.07) is 4.88. The number of rotatable bonds is 8. The number of carboxylic acid groups (broad SMARTS) is 1. The van der Waals surface area contributed by atoms with Crippen LogP contribution in [0.15, 0.2) is 30.3 Å². The number of aliphatic carboxylic acids is 1. The van der Waals surface area contributed by atoms with Crippen LogP contribution in [0.1, 0.15) is 24.8 Å². The van der Waals surface area contributed by atoms with E-state index in [1.54, 1.807) is 30.3 Å². The molecule has 15 heteroatoms. The highest BCUT2D eigenvalue weighted by atomic mass is 16.4. The molecule has 3 atom stereocenters. The highest BCUT2D eigenvalue weighted by Crippen LogP contribution is 2.05. The van der Waals surface area contributed by atoms with E-state index in [0.717, 1.165) is 0 Å². The normalized spacial score (nSPS) is 21.4. The number of carboxylic acids is 1. The maximum atomic E-state index is 12.9. The van der Waals surface area contributed by atoms with Gasteiger partial charge in [-0.1, -0.05) is 30.3 Å². The van der Waals surface area contributed by atoms with Crippen molar-refractivity contribution in [3.63, 3.8) is 0 Å². The molecule has 0 bridgehead atoms. The van der Waals surface area contributed by atoms with Gasteiger partial charge >= 0.3 is 5.97 Å². The Bertz CT molecular complexity index is 1050. The maximum Gasteiger partial charge on any atom is 0.305 e. The Balaban J connectivity index is 2.25. The molecule has 0 saturated carbocycles. The van der Waals surface area contributed by atoms with Gasteiger partial charge in [0.1, 0.15) is 18.1 Å². The van der Waals surface area contributed by atoms with E-state index in [-0.39, 0.29) is 25.3 Å². The summed E-state index contributed by atoms with van der Waals surface area (Å²) in [7, 11) is 0. The minimum absolute atomic E-state index is 0.0274. The van der Waals surface area contributed by atoms with Gasteiger partial charge in [-0.15, -0.1) is 0 Å². The lowest BCUT2D eigenvalue weighted by Gasteiger charge is -2.22. The topological polar surface area (TPSA) is 245 Å². The maximum absolute atomic E-state index is 12.9. The fraction of sp³-hybridized carbons (Fsp3) is 0.435. The fourth-order valence-electron chi connectivity index (χ4n) is 3.59. The second kappa shape index (κ2) is 14.8. The van der Waals surface area contributed by atoms with Crippen LogP contribution in [-0.2, 0) is 35.2 Å². The van der Waals surface area contributed by atoms with Crippen LogP contribution < -0.4 is 37.6 Å². The van der Waals surface area contributed by atoms with Crippen molar-refractivity contribution in [2.45, 2.75) is 43.8 Å². The first-order chi connectivity index (χ1) is 18.0. The Morgan fingerprint density at radius 2 is 1.47 bits per heavy atom. The first-order valence-electron chi connectivity index (χ1n) is 11.8. The van der Waals surface area contributed by atoms with Crippen LogP contribution in [0.4, 0.5) is 0 Å². The molecule has 2 rings (SSSR count). The number of nitrogens with one attached hydrogen (secondary N) is 7. The first kappa shape index (κ1) is 29.5. The van der Waals surface area contributed by atoms with Gasteiger partial charge in [-0.05, 0) is 18.4 Å². The molecule has 206 valence electrons. The Kier molecular flexibility index (Phi) is 11.5. The van der Waals surface area contributed by atoms with Gasteiger partial charge < -0.3 is 42.7 Å². The molecular formula is C23H32N8O7. The van der Waals surface area contributed by atoms with Crippen molar-refractivity contribution in [1.82, 2.24) is 31.9 Å². The van der Waals surface area contributed by atoms with Crippen LogP contribution in [0.5, 0.6) is 0 Å². The highest BCUT2D eigenvalue weighted by Gasteiger charge is 2.30. The van der Waals surface area contributed by atoms with Crippen molar-refractivity contribution in [2.24, 2.45) is 5.73 Å². The van der Waals surface area contributed by atoms with Gasteiger partial charge in [0.15, 0.2) is 5.96 Å². The molecule has 10 N–H and O–H groups in total. The standard InChI is InChI=1S/C23H32N8O7/c24-23(25)26-8-4-7-14-20(36)27-12-18(33)30-16(10-19(34)35)22(38)31-15(9-13-5-2-1-3-6-13)21(37)28-11-17(32)29-14/h1-3,5-6,14-16H,4,7-12H2,(H,27,36)(H,28,37)(H,29,32)(H,30,33)(H,31,38)(H,34,35)(H4,24,25,26)/t14?,15-,16?/m0/s1. The summed E-state index contributed by atoms with van der Waals surface area (Å²) >= 11 is 0. The molecule has 1 heterocycles. The van der Waals surface area contributed by atoms with Gasteiger partial charge in [0, 0.05) is 13.0 Å². The van der Waals surface area contributed by atoms with E-state index in [1.807, 2.05) is 0 Å². The number of amides is 5. The van der Waals surface area contributed by atoms with Crippen LogP contribution in [0, 0.1) is 5.41 Å². The van der Waals surface area contributed by atoms with E-state index in [0.29, 0.717) is 12.0 Å². The first-order valence-corrected chi connectivity index (χ1v) is 11.8. The minimum atomic E-state index is -1.53. The Labute approximate surface area is 218 Å². The zero-order valence-electron chi connectivity index (χ0n) is 20.5. The van der Waals surface area contributed by atoms with Gasteiger partial charge in [0.05, 0.1) is 19.5 Å². The number of hydrogen-bond acceptors (Lipinski definition) is 7. The van der Waals surface area contributed by atoms with Crippen molar-refractivity contribution < 1.29 is 33.9 Å². The summed E-state index contributed by atoms with van der Waals surface area (Å²) in [5, 5.41) is 30.9. The molecule has 0 spiro atoms. The van der Waals surface area contributed by atoms with E-state index < -0.39 is 73.1 Å². The zero-order chi connectivity index (χ0) is 28.1. The zero-order valence-corrected chi connectivity index (χ0v) is 20.5. The average Bonchev–Trinajstić information content (AvgIpc) is 2.86. The predicted molar refractivity (Wildman–Crippen MR) is 133 cm³/mol. The predicted octanol–water partition coefficient (Wildman–Crippen LogP) is -3.33. The lowest BCUT2D eigenvalue weighted by molar-refractivity contribution is -0.141. The molecule has 0 radical (unpaired) electrons. The summed E-state index contributed by atoms with van der Waals surface area (Å²) in [6.07, 6.45) is -0.295. The van der Waals surface area contributed by atoms with E-state index >= 15 is 0 Å². The number of carbonyl (C=O) groups excluding carboxylic acids is 5. The number of benzene rings is 1. The van der Waals surface area contributed by atoms with Crippen molar-refractivity contribution in [1.29, 1.82) is 5.41 Å². The van der Waals surface area contributed by atoms with Crippen LogP contribution in [0.3, 0.4) is 0 Å². The van der Waals surface area contributed by atoms with Gasteiger partial charge in [0.25, 0.3) is 0 Å². The summed E-state index contributed by atoms with van der Waals surface area (Å²) in [5.41, 5.74) is 5.91. The van der Waals surface area contributed by atoms with Crippen LogP contribution >= 0.6 is 0 Å². The van der Waals surface area contributed by atoms with Crippen molar-refractivity contribution in [3.05, 3.63) is 35.9 Å². The molecule has 5 amide bonds. The molecular weight excluding hydrogens is 500 g/mol.